The van der Waals surface area contributed by atoms with Crippen LogP contribution in [0.1, 0.15) is 22.7 Å². The van der Waals surface area contributed by atoms with Crippen LogP contribution in [-0.4, -0.2) is 49.1 Å². The van der Waals surface area contributed by atoms with E-state index in [0.717, 1.165) is 67.3 Å². The number of rotatable bonds is 8. The number of hydrogen-bond donors (Lipinski definition) is 0. The molecule has 5 nitrogen and oxygen atoms in total. The maximum Gasteiger partial charge on any atom is 0.174 e. The molecule has 0 aromatic heterocycles. The number of benzene rings is 3. The zero-order chi connectivity index (χ0) is 23.3. The molecule has 0 bridgehead atoms. The highest BCUT2D eigenvalue weighted by Gasteiger charge is 2.25. The molecular formula is C27H28F2N2O3. The van der Waals surface area contributed by atoms with Crippen LogP contribution in [-0.2, 0) is 17.9 Å². The Kier molecular flexibility index (Phi) is 7.04. The molecule has 0 saturated carbocycles. The lowest BCUT2D eigenvalue weighted by molar-refractivity contribution is -0.194. The van der Waals surface area contributed by atoms with E-state index in [0.29, 0.717) is 13.2 Å². The van der Waals surface area contributed by atoms with Gasteiger partial charge in [-0.15, -0.1) is 0 Å². The van der Waals surface area contributed by atoms with E-state index >= 15 is 0 Å². The standard InChI is InChI=1S/C27H28F2N2O3/c28-23-6-1-20(2-7-23)17-26(21-3-8-24(29)9-4-21)31-13-11-30(12-14-31)15-16-32-25-10-5-22-19-33-34-27(22)18-25/h1-10,18,26H,11-17,19H2. The summed E-state index contributed by atoms with van der Waals surface area (Å²) in [5.41, 5.74) is 3.17. The van der Waals surface area contributed by atoms with Crippen LogP contribution in [0, 0.1) is 11.6 Å². The summed E-state index contributed by atoms with van der Waals surface area (Å²) in [6.45, 7) is 5.54. The van der Waals surface area contributed by atoms with E-state index in [-0.39, 0.29) is 17.7 Å². The number of nitrogens with zero attached hydrogens (tertiary/aromatic N) is 2. The Labute approximate surface area is 198 Å². The average molecular weight is 467 g/mol. The Balaban J connectivity index is 1.16. The van der Waals surface area contributed by atoms with Crippen molar-refractivity contribution >= 4 is 0 Å². The molecule has 3 aromatic carbocycles. The van der Waals surface area contributed by atoms with Crippen molar-refractivity contribution in [3.63, 3.8) is 0 Å². The quantitative estimate of drug-likeness (QED) is 0.447. The van der Waals surface area contributed by atoms with Crippen molar-refractivity contribution in [2.75, 3.05) is 39.3 Å². The molecule has 0 radical (unpaired) electrons. The average Bonchev–Trinajstić information content (AvgIpc) is 3.33. The van der Waals surface area contributed by atoms with E-state index in [9.17, 15) is 8.78 Å². The fourth-order valence-electron chi connectivity index (χ4n) is 4.56. The van der Waals surface area contributed by atoms with Gasteiger partial charge >= 0.3 is 0 Å². The van der Waals surface area contributed by atoms with Crippen LogP contribution >= 0.6 is 0 Å². The Morgan fingerprint density at radius 2 is 1.56 bits per heavy atom. The molecule has 2 heterocycles. The maximum absolute atomic E-state index is 13.5. The van der Waals surface area contributed by atoms with E-state index in [1.54, 1.807) is 0 Å². The van der Waals surface area contributed by atoms with Gasteiger partial charge < -0.3 is 9.62 Å². The molecule has 2 aliphatic heterocycles. The molecule has 1 fully saturated rings. The second-order valence-electron chi connectivity index (χ2n) is 8.74. The Morgan fingerprint density at radius 3 is 2.29 bits per heavy atom. The summed E-state index contributed by atoms with van der Waals surface area (Å²) < 4.78 is 32.8. The lowest BCUT2D eigenvalue weighted by Crippen LogP contribution is -2.48. The lowest BCUT2D eigenvalue weighted by Gasteiger charge is -2.39. The Bertz CT molecular complexity index is 1080. The van der Waals surface area contributed by atoms with Crippen molar-refractivity contribution in [1.29, 1.82) is 0 Å². The molecule has 0 N–H and O–H groups in total. The third kappa shape index (κ3) is 5.55. The molecule has 0 amide bonds. The summed E-state index contributed by atoms with van der Waals surface area (Å²) in [6.07, 6.45) is 0.749. The van der Waals surface area contributed by atoms with Crippen LogP contribution in [0.5, 0.6) is 11.5 Å². The summed E-state index contributed by atoms with van der Waals surface area (Å²) in [5.74, 6) is 1.02. The highest BCUT2D eigenvalue weighted by Crippen LogP contribution is 2.30. The zero-order valence-electron chi connectivity index (χ0n) is 19.0. The monoisotopic (exact) mass is 466 g/mol. The fourth-order valence-corrected chi connectivity index (χ4v) is 4.56. The SMILES string of the molecule is Fc1ccc(CC(c2ccc(F)cc2)N2CCN(CCOc3ccc4c(c3)OOC4)CC2)cc1. The minimum Gasteiger partial charge on any atom is -0.492 e. The van der Waals surface area contributed by atoms with Crippen LogP contribution in [0.25, 0.3) is 0 Å². The molecule has 1 saturated heterocycles. The molecule has 7 heteroatoms. The summed E-state index contributed by atoms with van der Waals surface area (Å²) in [5, 5.41) is 0. The molecule has 0 spiro atoms. The van der Waals surface area contributed by atoms with Gasteiger partial charge in [0.05, 0.1) is 0 Å². The smallest absolute Gasteiger partial charge is 0.174 e. The number of halogens is 2. The van der Waals surface area contributed by atoms with Crippen LogP contribution in [0.4, 0.5) is 8.78 Å². The van der Waals surface area contributed by atoms with E-state index < -0.39 is 0 Å². The van der Waals surface area contributed by atoms with Gasteiger partial charge in [0.15, 0.2) is 5.75 Å². The molecule has 1 atom stereocenters. The number of fused-ring (bicyclic) bond motifs is 1. The van der Waals surface area contributed by atoms with Gasteiger partial charge in [-0.3, -0.25) is 9.80 Å². The van der Waals surface area contributed by atoms with Crippen LogP contribution in [0.3, 0.4) is 0 Å². The minimum absolute atomic E-state index is 0.109. The highest BCUT2D eigenvalue weighted by molar-refractivity contribution is 5.41. The highest BCUT2D eigenvalue weighted by atomic mass is 19.1. The first-order valence-corrected chi connectivity index (χ1v) is 11.7. The molecule has 3 aromatic rings. The second kappa shape index (κ2) is 10.5. The molecular weight excluding hydrogens is 438 g/mol. The van der Waals surface area contributed by atoms with E-state index in [1.165, 1.54) is 24.3 Å². The van der Waals surface area contributed by atoms with Crippen LogP contribution in [0.2, 0.25) is 0 Å². The largest absolute Gasteiger partial charge is 0.492 e. The van der Waals surface area contributed by atoms with Gasteiger partial charge in [0.1, 0.15) is 30.6 Å². The van der Waals surface area contributed by atoms with Crippen molar-refractivity contribution in [3.05, 3.63) is 95.1 Å². The zero-order valence-corrected chi connectivity index (χ0v) is 19.0. The van der Waals surface area contributed by atoms with E-state index in [1.807, 2.05) is 42.5 Å². The lowest BCUT2D eigenvalue weighted by atomic mass is 9.96. The Hall–Kier alpha value is -3.00. The van der Waals surface area contributed by atoms with Crippen molar-refractivity contribution in [2.45, 2.75) is 19.1 Å². The van der Waals surface area contributed by atoms with Gasteiger partial charge in [0.25, 0.3) is 0 Å². The minimum atomic E-state index is -0.239. The van der Waals surface area contributed by atoms with Gasteiger partial charge in [-0.05, 0) is 53.9 Å². The van der Waals surface area contributed by atoms with Crippen molar-refractivity contribution < 1.29 is 23.3 Å². The third-order valence-corrected chi connectivity index (χ3v) is 6.52. The first-order valence-electron chi connectivity index (χ1n) is 11.7. The molecule has 178 valence electrons. The molecule has 34 heavy (non-hydrogen) atoms. The fraction of sp³-hybridized carbons (Fsp3) is 0.333. The van der Waals surface area contributed by atoms with Gasteiger partial charge in [-0.25, -0.2) is 8.78 Å². The van der Waals surface area contributed by atoms with E-state index in [4.69, 9.17) is 14.5 Å². The molecule has 0 aliphatic carbocycles. The van der Waals surface area contributed by atoms with Crippen LogP contribution in [0.15, 0.2) is 66.7 Å². The van der Waals surface area contributed by atoms with Crippen LogP contribution < -0.4 is 9.62 Å². The summed E-state index contributed by atoms with van der Waals surface area (Å²) in [4.78, 5) is 14.9. The first kappa shape index (κ1) is 22.8. The van der Waals surface area contributed by atoms with Crippen molar-refractivity contribution in [1.82, 2.24) is 9.80 Å². The third-order valence-electron chi connectivity index (χ3n) is 6.52. The summed E-state index contributed by atoms with van der Waals surface area (Å²) in [7, 11) is 0. The number of hydrogen-bond acceptors (Lipinski definition) is 5. The Morgan fingerprint density at radius 1 is 0.853 bits per heavy atom. The first-order chi connectivity index (χ1) is 16.6. The molecule has 5 rings (SSSR count). The normalized spacial score (nSPS) is 17.2. The van der Waals surface area contributed by atoms with E-state index in [2.05, 4.69) is 9.80 Å². The summed E-state index contributed by atoms with van der Waals surface area (Å²) in [6, 6.07) is 19.3. The van der Waals surface area contributed by atoms with Gasteiger partial charge in [0.2, 0.25) is 0 Å². The van der Waals surface area contributed by atoms with Gasteiger partial charge in [-0.2, -0.15) is 4.89 Å². The predicted octanol–water partition coefficient (Wildman–Crippen LogP) is 4.77. The van der Waals surface area contributed by atoms with Gasteiger partial charge in [-0.1, -0.05) is 24.3 Å². The topological polar surface area (TPSA) is 34.2 Å². The summed E-state index contributed by atoms with van der Waals surface area (Å²) >= 11 is 0. The second-order valence-corrected chi connectivity index (χ2v) is 8.74. The van der Waals surface area contributed by atoms with Crippen molar-refractivity contribution in [2.24, 2.45) is 0 Å². The van der Waals surface area contributed by atoms with Gasteiger partial charge in [0, 0.05) is 50.4 Å². The number of ether oxygens (including phenoxy) is 1. The maximum atomic E-state index is 13.5. The molecule has 2 aliphatic rings. The predicted molar refractivity (Wildman–Crippen MR) is 125 cm³/mol. The molecule has 1 unspecified atom stereocenters. The number of piperazine rings is 1. The van der Waals surface area contributed by atoms with Crippen molar-refractivity contribution in [3.8, 4) is 11.5 Å².